The van der Waals surface area contributed by atoms with Gasteiger partial charge in [0.05, 0.1) is 5.69 Å². The molecule has 0 radical (unpaired) electrons. The normalized spacial score (nSPS) is 14.5. The van der Waals surface area contributed by atoms with Crippen molar-refractivity contribution in [3.8, 4) is 10.6 Å². The molecule has 8 heteroatoms. The van der Waals surface area contributed by atoms with Crippen LogP contribution in [0.2, 0.25) is 0 Å². The van der Waals surface area contributed by atoms with Crippen LogP contribution in [0.5, 0.6) is 0 Å². The summed E-state index contributed by atoms with van der Waals surface area (Å²) in [5, 5.41) is 8.20. The molecule has 3 aromatic heterocycles. The molecule has 3 aromatic rings. The van der Waals surface area contributed by atoms with Crippen LogP contribution in [0.25, 0.3) is 10.6 Å². The molecule has 0 aliphatic carbocycles. The maximum atomic E-state index is 12.4. The number of thiazole rings is 1. The number of hydrogen-bond donors (Lipinski definition) is 2. The van der Waals surface area contributed by atoms with Gasteiger partial charge in [0.15, 0.2) is 0 Å². The summed E-state index contributed by atoms with van der Waals surface area (Å²) in [7, 11) is 0. The highest BCUT2D eigenvalue weighted by atomic mass is 32.1. The van der Waals surface area contributed by atoms with E-state index < -0.39 is 0 Å². The number of urea groups is 1. The van der Waals surface area contributed by atoms with Gasteiger partial charge in [0, 0.05) is 29.4 Å². The smallest absolute Gasteiger partial charge is 0.298 e. The van der Waals surface area contributed by atoms with Gasteiger partial charge in [0.1, 0.15) is 16.6 Å². The van der Waals surface area contributed by atoms with Crippen LogP contribution >= 0.6 is 11.3 Å². The van der Waals surface area contributed by atoms with Crippen LogP contribution in [0.4, 0.5) is 16.4 Å². The Labute approximate surface area is 174 Å². The second kappa shape index (κ2) is 9.11. The van der Waals surface area contributed by atoms with Gasteiger partial charge >= 0.3 is 6.03 Å². The minimum Gasteiger partial charge on any atom is -0.298 e. The number of rotatable bonds is 5. The average molecular weight is 409 g/mol. The van der Waals surface area contributed by atoms with Gasteiger partial charge in [-0.3, -0.25) is 20.5 Å². The van der Waals surface area contributed by atoms with Crippen LogP contribution in [0.3, 0.4) is 0 Å². The van der Waals surface area contributed by atoms with Crippen molar-refractivity contribution in [2.75, 3.05) is 23.7 Å². The van der Waals surface area contributed by atoms with E-state index in [1.54, 1.807) is 12.3 Å². The third-order valence-corrected chi connectivity index (χ3v) is 5.68. The van der Waals surface area contributed by atoms with Crippen molar-refractivity contribution in [1.29, 1.82) is 0 Å². The predicted octanol–water partition coefficient (Wildman–Crippen LogP) is 4.54. The van der Waals surface area contributed by atoms with Gasteiger partial charge in [0.2, 0.25) is 0 Å². The summed E-state index contributed by atoms with van der Waals surface area (Å²) < 4.78 is 0. The number of likely N-dealkylation sites (tertiary alicyclic amines) is 1. The van der Waals surface area contributed by atoms with Gasteiger partial charge in [-0.15, -0.1) is 11.3 Å². The number of nitrogens with zero attached hydrogens (tertiary/aromatic N) is 4. The first-order valence-corrected chi connectivity index (χ1v) is 10.7. The first kappa shape index (κ1) is 19.5. The van der Waals surface area contributed by atoms with E-state index in [-0.39, 0.29) is 6.03 Å². The molecule has 7 nitrogen and oxygen atoms in total. The molecule has 29 heavy (non-hydrogen) atoms. The van der Waals surface area contributed by atoms with E-state index in [0.717, 1.165) is 41.6 Å². The average Bonchev–Trinajstić information content (AvgIpc) is 3.18. The molecule has 0 saturated carbocycles. The minimum atomic E-state index is -0.355. The fraction of sp³-hybridized carbons (Fsp3) is 0.333. The second-order valence-corrected chi connectivity index (χ2v) is 8.01. The highest BCUT2D eigenvalue weighted by molar-refractivity contribution is 7.13. The molecule has 2 N–H and O–H groups in total. The summed E-state index contributed by atoms with van der Waals surface area (Å²) in [4.78, 5) is 28.1. The zero-order valence-electron chi connectivity index (χ0n) is 16.4. The van der Waals surface area contributed by atoms with Crippen molar-refractivity contribution in [2.45, 2.75) is 32.7 Å². The van der Waals surface area contributed by atoms with E-state index in [4.69, 9.17) is 0 Å². The van der Waals surface area contributed by atoms with E-state index in [1.165, 1.54) is 30.6 Å². The fourth-order valence-electron chi connectivity index (χ4n) is 3.31. The van der Waals surface area contributed by atoms with Gasteiger partial charge in [-0.25, -0.2) is 14.8 Å². The topological polar surface area (TPSA) is 83.0 Å². The highest BCUT2D eigenvalue weighted by Gasteiger charge is 2.12. The Balaban J connectivity index is 1.35. The molecule has 1 fully saturated rings. The molecule has 0 bridgehead atoms. The van der Waals surface area contributed by atoms with Gasteiger partial charge in [0.25, 0.3) is 0 Å². The van der Waals surface area contributed by atoms with Crippen LogP contribution in [-0.2, 0) is 6.54 Å². The number of aryl methyl sites for hydroxylation is 1. The number of aromatic nitrogens is 3. The summed E-state index contributed by atoms with van der Waals surface area (Å²) in [6.07, 6.45) is 5.59. The second-order valence-electron chi connectivity index (χ2n) is 7.16. The highest BCUT2D eigenvalue weighted by Crippen LogP contribution is 2.25. The van der Waals surface area contributed by atoms with E-state index in [0.29, 0.717) is 11.6 Å². The standard InChI is InChI=1S/C21H24N6OS/c1-15-8-9-16(12-22-15)20-24-19(14-29-20)26-21(28)25-18-7-5-6-17(23-18)13-27-10-3-2-4-11-27/h5-9,12,14H,2-4,10-11,13H2,1H3,(H2,23,25,26,28). The van der Waals surface area contributed by atoms with Crippen LogP contribution in [0.1, 0.15) is 30.7 Å². The van der Waals surface area contributed by atoms with Crippen LogP contribution in [0, 0.1) is 6.92 Å². The molecule has 1 aliphatic heterocycles. The lowest BCUT2D eigenvalue weighted by Gasteiger charge is -2.26. The van der Waals surface area contributed by atoms with E-state index in [1.807, 2.05) is 36.6 Å². The Morgan fingerprint density at radius 2 is 1.90 bits per heavy atom. The molecule has 0 spiro atoms. The molecule has 150 valence electrons. The SMILES string of the molecule is Cc1ccc(-c2nc(NC(=O)Nc3cccc(CN4CCCCC4)n3)cs2)cn1. The van der Waals surface area contributed by atoms with Crippen molar-refractivity contribution in [3.05, 3.63) is 53.3 Å². The van der Waals surface area contributed by atoms with Crippen LogP contribution < -0.4 is 10.6 Å². The summed E-state index contributed by atoms with van der Waals surface area (Å²) in [6.45, 7) is 4.99. The number of hydrogen-bond acceptors (Lipinski definition) is 6. The molecule has 2 amide bonds. The summed E-state index contributed by atoms with van der Waals surface area (Å²) >= 11 is 1.46. The van der Waals surface area contributed by atoms with E-state index in [2.05, 4.69) is 30.5 Å². The number of amides is 2. The Kier molecular flexibility index (Phi) is 6.12. The monoisotopic (exact) mass is 408 g/mol. The van der Waals surface area contributed by atoms with Gasteiger partial charge in [-0.05, 0) is 57.1 Å². The number of carbonyl (C=O) groups excluding carboxylic acids is 1. The van der Waals surface area contributed by atoms with Gasteiger partial charge < -0.3 is 0 Å². The third kappa shape index (κ3) is 5.36. The van der Waals surface area contributed by atoms with Crippen LogP contribution in [0.15, 0.2) is 41.9 Å². The fourth-order valence-corrected chi connectivity index (χ4v) is 4.05. The third-order valence-electron chi connectivity index (χ3n) is 4.79. The van der Waals surface area contributed by atoms with Crippen molar-refractivity contribution in [3.63, 3.8) is 0 Å². The molecule has 1 saturated heterocycles. The molecular formula is C21H24N6OS. The number of pyridine rings is 2. The molecule has 0 atom stereocenters. The quantitative estimate of drug-likeness (QED) is 0.648. The summed E-state index contributed by atoms with van der Waals surface area (Å²) in [6, 6.07) is 9.28. The maximum Gasteiger partial charge on any atom is 0.326 e. The molecule has 1 aliphatic rings. The number of carbonyl (C=O) groups is 1. The Morgan fingerprint density at radius 3 is 2.69 bits per heavy atom. The lowest BCUT2D eigenvalue weighted by molar-refractivity contribution is 0.218. The predicted molar refractivity (Wildman–Crippen MR) is 116 cm³/mol. The zero-order chi connectivity index (χ0) is 20.1. The Morgan fingerprint density at radius 1 is 1.07 bits per heavy atom. The molecule has 4 heterocycles. The van der Waals surface area contributed by atoms with Crippen molar-refractivity contribution >= 4 is 29.0 Å². The largest absolute Gasteiger partial charge is 0.326 e. The summed E-state index contributed by atoms with van der Waals surface area (Å²) in [5.74, 6) is 1.04. The zero-order valence-corrected chi connectivity index (χ0v) is 17.2. The minimum absolute atomic E-state index is 0.355. The van der Waals surface area contributed by atoms with E-state index >= 15 is 0 Å². The maximum absolute atomic E-state index is 12.4. The number of piperidine rings is 1. The Hall–Kier alpha value is -2.84. The molecule has 4 rings (SSSR count). The first-order chi connectivity index (χ1) is 14.2. The lowest BCUT2D eigenvalue weighted by Crippen LogP contribution is -2.29. The van der Waals surface area contributed by atoms with Crippen molar-refractivity contribution in [2.24, 2.45) is 0 Å². The summed E-state index contributed by atoms with van der Waals surface area (Å²) in [5.41, 5.74) is 2.85. The van der Waals surface area contributed by atoms with Gasteiger partial charge in [-0.1, -0.05) is 12.5 Å². The molecule has 0 aromatic carbocycles. The van der Waals surface area contributed by atoms with Crippen LogP contribution in [-0.4, -0.2) is 39.0 Å². The lowest BCUT2D eigenvalue weighted by atomic mass is 10.1. The van der Waals surface area contributed by atoms with E-state index in [9.17, 15) is 4.79 Å². The first-order valence-electron chi connectivity index (χ1n) is 9.80. The molecule has 0 unspecified atom stereocenters. The Bertz CT molecular complexity index is 965. The molecular weight excluding hydrogens is 384 g/mol. The van der Waals surface area contributed by atoms with Crippen molar-refractivity contribution in [1.82, 2.24) is 19.9 Å². The number of nitrogens with one attached hydrogen (secondary N) is 2. The van der Waals surface area contributed by atoms with Crippen molar-refractivity contribution < 1.29 is 4.79 Å². The number of anilines is 2. The van der Waals surface area contributed by atoms with Gasteiger partial charge in [-0.2, -0.15) is 0 Å².